The highest BCUT2D eigenvalue weighted by molar-refractivity contribution is 5.84. The second-order valence-corrected chi connectivity index (χ2v) is 11.1. The van der Waals surface area contributed by atoms with Crippen LogP contribution in [-0.2, 0) is 4.74 Å². The summed E-state index contributed by atoms with van der Waals surface area (Å²) in [5.74, 6) is 2.89. The van der Waals surface area contributed by atoms with E-state index in [1.54, 1.807) is 14.2 Å². The number of H-pyrrole nitrogens is 1. The summed E-state index contributed by atoms with van der Waals surface area (Å²) < 4.78 is 17.3. The predicted octanol–water partition coefficient (Wildman–Crippen LogP) is 5.28. The molecule has 1 aromatic heterocycles. The molecule has 0 aliphatic heterocycles. The average molecular weight is 505 g/mol. The quantitative estimate of drug-likeness (QED) is 0.293. The number of hydrogen-bond donors (Lipinski definition) is 3. The van der Waals surface area contributed by atoms with Crippen LogP contribution in [-0.4, -0.2) is 56.7 Å². The van der Waals surface area contributed by atoms with Gasteiger partial charge in [0.2, 0.25) is 0 Å². The van der Waals surface area contributed by atoms with E-state index in [0.717, 1.165) is 29.2 Å². The van der Waals surface area contributed by atoms with Crippen molar-refractivity contribution in [2.24, 2.45) is 17.3 Å². The molecule has 3 aromatic rings. The Bertz CT molecular complexity index is 1250. The molecule has 0 unspecified atom stereocenters. The van der Waals surface area contributed by atoms with Gasteiger partial charge in [0, 0.05) is 41.7 Å². The first kappa shape index (κ1) is 25.8. The molecular formula is C31H40N2O4. The van der Waals surface area contributed by atoms with Crippen molar-refractivity contribution in [3.63, 3.8) is 0 Å². The van der Waals surface area contributed by atoms with E-state index in [1.807, 2.05) is 18.2 Å². The molecule has 3 N–H and O–H groups in total. The smallest absolute Gasteiger partial charge is 0.164 e. The van der Waals surface area contributed by atoms with Crippen molar-refractivity contribution in [2.75, 3.05) is 40.5 Å². The van der Waals surface area contributed by atoms with Crippen LogP contribution in [0.2, 0.25) is 0 Å². The summed E-state index contributed by atoms with van der Waals surface area (Å²) in [6, 6.07) is 14.3. The minimum Gasteiger partial charge on any atom is -0.493 e. The lowest BCUT2D eigenvalue weighted by Gasteiger charge is -2.56. The fourth-order valence-corrected chi connectivity index (χ4v) is 6.36. The van der Waals surface area contributed by atoms with E-state index in [-0.39, 0.29) is 5.92 Å². The van der Waals surface area contributed by atoms with Gasteiger partial charge in [0.25, 0.3) is 0 Å². The Morgan fingerprint density at radius 2 is 1.89 bits per heavy atom. The number of para-hydroxylation sites is 2. The Hall–Kier alpha value is -2.80. The van der Waals surface area contributed by atoms with Crippen LogP contribution < -0.4 is 14.8 Å². The van der Waals surface area contributed by atoms with Gasteiger partial charge in [-0.05, 0) is 53.4 Å². The zero-order chi connectivity index (χ0) is 26.0. The second-order valence-electron chi connectivity index (χ2n) is 11.1. The number of rotatable bonds is 12. The maximum atomic E-state index is 10.7. The molecule has 1 fully saturated rings. The number of nitrogens with one attached hydrogen (secondary N) is 2. The number of hydrogen-bond acceptors (Lipinski definition) is 5. The Morgan fingerprint density at radius 3 is 2.65 bits per heavy atom. The maximum Gasteiger partial charge on any atom is 0.164 e. The molecule has 6 nitrogen and oxygen atoms in total. The van der Waals surface area contributed by atoms with E-state index in [2.05, 4.69) is 60.7 Å². The minimum atomic E-state index is -0.581. The molecule has 37 heavy (non-hydrogen) atoms. The first-order chi connectivity index (χ1) is 17.9. The van der Waals surface area contributed by atoms with E-state index < -0.39 is 6.10 Å². The zero-order valence-electron chi connectivity index (χ0n) is 22.4. The zero-order valence-corrected chi connectivity index (χ0v) is 22.4. The molecule has 2 aromatic carbocycles. The van der Waals surface area contributed by atoms with Gasteiger partial charge in [-0.3, -0.25) is 0 Å². The van der Waals surface area contributed by atoms with Crippen LogP contribution in [0.25, 0.3) is 10.9 Å². The number of benzene rings is 2. The highest BCUT2D eigenvalue weighted by Crippen LogP contribution is 2.59. The summed E-state index contributed by atoms with van der Waals surface area (Å²) in [6.07, 6.45) is 6.30. The number of allylic oxidation sites excluding steroid dienone is 1. The van der Waals surface area contributed by atoms with Crippen molar-refractivity contribution >= 4 is 10.9 Å². The number of aliphatic hydroxyl groups excluding tert-OH is 1. The van der Waals surface area contributed by atoms with Crippen LogP contribution in [0.5, 0.6) is 11.5 Å². The summed E-state index contributed by atoms with van der Waals surface area (Å²) in [4.78, 5) is 3.40. The van der Waals surface area contributed by atoms with E-state index in [4.69, 9.17) is 14.2 Å². The monoisotopic (exact) mass is 504 g/mol. The van der Waals surface area contributed by atoms with Gasteiger partial charge in [-0.15, -0.1) is 0 Å². The third-order valence-corrected chi connectivity index (χ3v) is 8.70. The van der Waals surface area contributed by atoms with Crippen molar-refractivity contribution in [3.05, 3.63) is 71.4 Å². The van der Waals surface area contributed by atoms with E-state index in [1.165, 1.54) is 22.9 Å². The molecule has 3 aliphatic rings. The number of methoxy groups -OCH3 is 2. The summed E-state index contributed by atoms with van der Waals surface area (Å²) in [7, 11) is 3.33. The van der Waals surface area contributed by atoms with E-state index >= 15 is 0 Å². The van der Waals surface area contributed by atoms with Gasteiger partial charge in [-0.25, -0.2) is 0 Å². The number of ether oxygens (including phenoxy) is 3. The number of aromatic amines is 1. The Balaban J connectivity index is 1.24. The lowest BCUT2D eigenvalue weighted by molar-refractivity contribution is -0.0235. The summed E-state index contributed by atoms with van der Waals surface area (Å²) >= 11 is 0. The highest BCUT2D eigenvalue weighted by atomic mass is 16.5. The van der Waals surface area contributed by atoms with Crippen molar-refractivity contribution in [1.29, 1.82) is 0 Å². The van der Waals surface area contributed by atoms with E-state index in [0.29, 0.717) is 43.4 Å². The van der Waals surface area contributed by atoms with Gasteiger partial charge in [0.1, 0.15) is 0 Å². The van der Waals surface area contributed by atoms with Gasteiger partial charge in [-0.2, -0.15) is 0 Å². The van der Waals surface area contributed by atoms with Gasteiger partial charge >= 0.3 is 0 Å². The number of fused-ring (bicyclic) bond motifs is 2. The fourth-order valence-electron chi connectivity index (χ4n) is 6.36. The maximum absolute atomic E-state index is 10.7. The Morgan fingerprint density at radius 1 is 1.05 bits per heavy atom. The lowest BCUT2D eigenvalue weighted by Crippen LogP contribution is -2.48. The van der Waals surface area contributed by atoms with Gasteiger partial charge < -0.3 is 29.6 Å². The van der Waals surface area contributed by atoms with Crippen LogP contribution >= 0.6 is 0 Å². The topological polar surface area (TPSA) is 75.7 Å². The SMILES string of the molecule is COc1cccc([C@H](CNC[C@@H](O)COCC2=CC[C@@H]3C[C@@H]2C3(C)C)c2c[nH]c3ccccc23)c1OC. The molecule has 0 amide bonds. The van der Waals surface area contributed by atoms with Crippen LogP contribution in [0.4, 0.5) is 0 Å². The van der Waals surface area contributed by atoms with Crippen molar-refractivity contribution in [3.8, 4) is 11.5 Å². The van der Waals surface area contributed by atoms with Crippen LogP contribution in [0.15, 0.2) is 60.3 Å². The molecule has 3 aliphatic carbocycles. The fraction of sp³-hybridized carbons (Fsp3) is 0.484. The number of aliphatic hydroxyl groups is 1. The van der Waals surface area contributed by atoms with Crippen LogP contribution in [0, 0.1) is 17.3 Å². The van der Waals surface area contributed by atoms with Gasteiger partial charge in [0.05, 0.1) is 33.5 Å². The molecular weight excluding hydrogens is 464 g/mol. The largest absolute Gasteiger partial charge is 0.493 e. The molecule has 6 rings (SSSR count). The lowest BCUT2D eigenvalue weighted by atomic mass is 9.49. The first-order valence-electron chi connectivity index (χ1n) is 13.4. The Labute approximate surface area is 220 Å². The van der Waals surface area contributed by atoms with Crippen LogP contribution in [0.1, 0.15) is 43.7 Å². The molecule has 0 spiro atoms. The summed E-state index contributed by atoms with van der Waals surface area (Å²) in [5, 5.41) is 15.3. The van der Waals surface area contributed by atoms with Crippen molar-refractivity contribution < 1.29 is 19.3 Å². The molecule has 0 radical (unpaired) electrons. The molecule has 6 heteroatoms. The summed E-state index contributed by atoms with van der Waals surface area (Å²) in [6.45, 7) is 6.77. The third kappa shape index (κ3) is 5.02. The first-order valence-corrected chi connectivity index (χ1v) is 13.4. The molecule has 0 saturated heterocycles. The van der Waals surface area contributed by atoms with Gasteiger partial charge in [-0.1, -0.05) is 50.3 Å². The highest BCUT2D eigenvalue weighted by Gasteiger charge is 2.50. The molecule has 2 bridgehead atoms. The number of aromatic nitrogens is 1. The predicted molar refractivity (Wildman–Crippen MR) is 147 cm³/mol. The molecule has 4 atom stereocenters. The van der Waals surface area contributed by atoms with Crippen molar-refractivity contribution in [2.45, 2.75) is 38.7 Å². The van der Waals surface area contributed by atoms with Crippen LogP contribution in [0.3, 0.4) is 0 Å². The standard InChI is InChI=1S/C31H40N2O4/c1-31(2)21-13-12-20(27(31)14-21)18-37-19-22(34)15-32-16-25(24-9-7-11-29(35-3)30(24)36-4)26-17-33-28-10-6-5-8-23(26)28/h5-12,17,21-22,25,27,32-34H,13-16,18-19H2,1-4H3/t21-,22-,25+,27+/m1/s1. The van der Waals surface area contributed by atoms with Gasteiger partial charge in [0.15, 0.2) is 11.5 Å². The minimum absolute atomic E-state index is 0.00416. The average Bonchev–Trinajstić information content (AvgIpc) is 3.34. The molecule has 198 valence electrons. The molecule has 1 heterocycles. The summed E-state index contributed by atoms with van der Waals surface area (Å²) in [5.41, 5.74) is 5.11. The third-order valence-electron chi connectivity index (χ3n) is 8.70. The normalized spacial score (nSPS) is 21.7. The van der Waals surface area contributed by atoms with E-state index in [9.17, 15) is 5.11 Å². The Kier molecular flexibility index (Phi) is 7.61. The molecule has 1 saturated carbocycles. The van der Waals surface area contributed by atoms with Crippen molar-refractivity contribution in [1.82, 2.24) is 10.3 Å². The second kappa shape index (κ2) is 10.9.